The van der Waals surface area contributed by atoms with Crippen molar-refractivity contribution in [1.29, 1.82) is 0 Å². The molecule has 16 heavy (non-hydrogen) atoms. The van der Waals surface area contributed by atoms with Gasteiger partial charge in [-0.05, 0) is 6.42 Å². The van der Waals surface area contributed by atoms with E-state index in [9.17, 15) is 20.1 Å². The zero-order valence-corrected chi connectivity index (χ0v) is 8.69. The van der Waals surface area contributed by atoms with Crippen LogP contribution in [0, 0.1) is 0 Å². The fourth-order valence-electron chi connectivity index (χ4n) is 0.949. The molecule has 0 saturated carbocycles. The lowest BCUT2D eigenvalue weighted by Gasteiger charge is -2.28. The highest BCUT2D eigenvalue weighted by Gasteiger charge is 2.41. The van der Waals surface area contributed by atoms with Crippen LogP contribution in [0.15, 0.2) is 0 Å². The molecule has 0 saturated heterocycles. The average molecular weight is 239 g/mol. The molecule has 0 aliphatic heterocycles. The van der Waals surface area contributed by atoms with Crippen LogP contribution in [0.25, 0.3) is 0 Å². The molecule has 4 atom stereocenters. The highest BCUT2D eigenvalue weighted by atomic mass is 16.5. The van der Waals surface area contributed by atoms with Crippen LogP contribution in [0.3, 0.4) is 0 Å². The van der Waals surface area contributed by atoms with E-state index in [0.717, 1.165) is 0 Å². The maximum absolute atomic E-state index is 11.3. The van der Waals surface area contributed by atoms with Crippen molar-refractivity contribution < 1.29 is 35.4 Å². The summed E-state index contributed by atoms with van der Waals surface area (Å²) in [4.78, 5) is 11.3. The maximum atomic E-state index is 11.3. The normalized spacial score (nSPS) is 21.3. The summed E-state index contributed by atoms with van der Waals surface area (Å²) in [6, 6.07) is 0. The topological polar surface area (TPSA) is 164 Å². The third-order valence-electron chi connectivity index (χ3n) is 2.21. The second kappa shape index (κ2) is 5.64. The molecule has 96 valence electrons. The molecule has 0 aromatic rings. The van der Waals surface area contributed by atoms with Crippen LogP contribution in [0.1, 0.15) is 13.3 Å². The first-order valence-corrected chi connectivity index (χ1v) is 4.61. The molecule has 0 aliphatic carbocycles. The second-order valence-corrected chi connectivity index (χ2v) is 3.48. The van der Waals surface area contributed by atoms with E-state index in [0.29, 0.717) is 0 Å². The van der Waals surface area contributed by atoms with Gasteiger partial charge in [-0.3, -0.25) is 10.5 Å². The summed E-state index contributed by atoms with van der Waals surface area (Å²) in [6.07, 6.45) is -9.06. The van der Waals surface area contributed by atoms with Gasteiger partial charge in [-0.25, -0.2) is 0 Å². The molecule has 0 heterocycles. The van der Waals surface area contributed by atoms with E-state index in [4.69, 9.17) is 21.1 Å². The van der Waals surface area contributed by atoms with Gasteiger partial charge in [0.05, 0.1) is 0 Å². The van der Waals surface area contributed by atoms with Crippen LogP contribution in [0.5, 0.6) is 0 Å². The lowest BCUT2D eigenvalue weighted by atomic mass is 9.95. The van der Waals surface area contributed by atoms with Gasteiger partial charge < -0.3 is 30.6 Å². The van der Waals surface area contributed by atoms with Crippen molar-refractivity contribution >= 4 is 5.78 Å². The number of carbonyl (C=O) groups excluding carboxylic acids is 1. The summed E-state index contributed by atoms with van der Waals surface area (Å²) >= 11 is 0. The van der Waals surface area contributed by atoms with Crippen LogP contribution in [-0.2, 0) is 4.79 Å². The molecule has 0 aromatic heterocycles. The summed E-state index contributed by atoms with van der Waals surface area (Å²) in [5, 5.41) is 53.7. The van der Waals surface area contributed by atoms with E-state index in [1.54, 1.807) is 0 Å². The van der Waals surface area contributed by atoms with Crippen LogP contribution in [-0.4, -0.2) is 66.7 Å². The molecule has 0 aromatic carbocycles. The highest BCUT2D eigenvalue weighted by Crippen LogP contribution is 2.12. The minimum Gasteiger partial charge on any atom is -0.387 e. The van der Waals surface area contributed by atoms with Gasteiger partial charge in [0, 0.05) is 0 Å². The molecule has 1 unspecified atom stereocenters. The molecular weight excluding hydrogens is 222 g/mol. The molecule has 8 nitrogen and oxygen atoms in total. The van der Waals surface area contributed by atoms with Crippen molar-refractivity contribution in [2.75, 3.05) is 0 Å². The molecule has 0 radical (unpaired) electrons. The Hall–Kier alpha value is -0.610. The largest absolute Gasteiger partial charge is 0.387 e. The third kappa shape index (κ3) is 3.46. The summed E-state index contributed by atoms with van der Waals surface area (Å²) in [5.41, 5.74) is 2.76. The van der Waals surface area contributed by atoms with Crippen molar-refractivity contribution in [3.05, 3.63) is 0 Å². The van der Waals surface area contributed by atoms with E-state index in [-0.39, 0.29) is 6.42 Å². The van der Waals surface area contributed by atoms with Crippen LogP contribution in [0.2, 0.25) is 0 Å². The molecular formula is C8H17NO7. The Labute approximate surface area is 91.6 Å². The Morgan fingerprint density at radius 3 is 1.94 bits per heavy atom. The van der Waals surface area contributed by atoms with Gasteiger partial charge >= 0.3 is 0 Å². The van der Waals surface area contributed by atoms with Crippen molar-refractivity contribution in [1.82, 2.24) is 0 Å². The molecule has 8 heteroatoms. The summed E-state index contributed by atoms with van der Waals surface area (Å²) in [6.45, 7) is 1.37. The Balaban J connectivity index is 4.68. The summed E-state index contributed by atoms with van der Waals surface area (Å²) in [7, 11) is 0. The number of nitrogens with two attached hydrogens (primary N) is 1. The van der Waals surface area contributed by atoms with E-state index in [1.165, 1.54) is 6.92 Å². The first kappa shape index (κ1) is 15.4. The number of aliphatic hydroxyl groups is 6. The minimum absolute atomic E-state index is 0.215. The minimum atomic E-state index is -2.35. The Morgan fingerprint density at radius 1 is 1.19 bits per heavy atom. The number of carbonyl (C=O) groups is 1. The Bertz CT molecular complexity index is 243. The van der Waals surface area contributed by atoms with E-state index >= 15 is 0 Å². The molecule has 0 rings (SSSR count). The predicted molar refractivity (Wildman–Crippen MR) is 50.7 cm³/mol. The summed E-state index contributed by atoms with van der Waals surface area (Å²) in [5.74, 6) is -1.32. The van der Waals surface area contributed by atoms with E-state index < -0.39 is 36.1 Å². The van der Waals surface area contributed by atoms with Gasteiger partial charge in [0.1, 0.15) is 18.3 Å². The van der Waals surface area contributed by atoms with Crippen LogP contribution in [0.4, 0.5) is 0 Å². The quantitative estimate of drug-likeness (QED) is 0.230. The number of aliphatic hydroxyl groups excluding tert-OH is 4. The molecule has 0 amide bonds. The molecule has 0 bridgehead atoms. The number of ketones is 1. The SMILES string of the molecule is CCC(N)(O)C(=O)[C@@H](O)[C@H](O)[C@@H](O)C(O)O. The molecule has 0 fully saturated rings. The Morgan fingerprint density at radius 2 is 1.62 bits per heavy atom. The van der Waals surface area contributed by atoms with Crippen LogP contribution < -0.4 is 5.73 Å². The van der Waals surface area contributed by atoms with E-state index in [2.05, 4.69) is 0 Å². The highest BCUT2D eigenvalue weighted by molar-refractivity contribution is 5.90. The lowest BCUT2D eigenvalue weighted by molar-refractivity contribution is -0.186. The fourth-order valence-corrected chi connectivity index (χ4v) is 0.949. The number of rotatable bonds is 6. The predicted octanol–water partition coefficient (Wildman–Crippen LogP) is -3.99. The second-order valence-electron chi connectivity index (χ2n) is 3.48. The molecule has 0 spiro atoms. The number of hydrogen-bond donors (Lipinski definition) is 7. The van der Waals surface area contributed by atoms with Crippen molar-refractivity contribution in [2.24, 2.45) is 5.73 Å². The summed E-state index contributed by atoms with van der Waals surface area (Å²) < 4.78 is 0. The number of Topliss-reactive ketones (excluding diaryl/α,β-unsaturated/α-hetero) is 1. The first-order valence-electron chi connectivity index (χ1n) is 4.61. The van der Waals surface area contributed by atoms with Crippen molar-refractivity contribution in [3.63, 3.8) is 0 Å². The van der Waals surface area contributed by atoms with E-state index in [1.807, 2.05) is 0 Å². The molecule has 0 aliphatic rings. The third-order valence-corrected chi connectivity index (χ3v) is 2.21. The standard InChI is InChI=1S/C8H17NO7/c1-2-8(9,16)6(13)4(11)3(10)5(12)7(14)15/h3-5,7,10-12,14-16H,2,9H2,1H3/t3-,4-,5+,8?/m0/s1. The fraction of sp³-hybridized carbons (Fsp3) is 0.875. The monoisotopic (exact) mass is 239 g/mol. The van der Waals surface area contributed by atoms with Crippen molar-refractivity contribution in [2.45, 2.75) is 43.7 Å². The average Bonchev–Trinajstić information content (AvgIpc) is 2.24. The van der Waals surface area contributed by atoms with Gasteiger partial charge in [-0.2, -0.15) is 0 Å². The van der Waals surface area contributed by atoms with Gasteiger partial charge in [0.25, 0.3) is 0 Å². The van der Waals surface area contributed by atoms with Crippen LogP contribution >= 0.6 is 0 Å². The zero-order chi connectivity index (χ0) is 13.1. The van der Waals surface area contributed by atoms with Gasteiger partial charge in [0.2, 0.25) is 5.78 Å². The maximum Gasteiger partial charge on any atom is 0.210 e. The number of hydrogen-bond acceptors (Lipinski definition) is 8. The van der Waals surface area contributed by atoms with Gasteiger partial charge in [-0.1, -0.05) is 6.92 Å². The van der Waals surface area contributed by atoms with Gasteiger partial charge in [0.15, 0.2) is 12.0 Å². The Kier molecular flexibility index (Phi) is 5.42. The smallest absolute Gasteiger partial charge is 0.210 e. The first-order chi connectivity index (χ1) is 7.15. The van der Waals surface area contributed by atoms with Gasteiger partial charge in [-0.15, -0.1) is 0 Å². The molecule has 8 N–H and O–H groups in total. The zero-order valence-electron chi connectivity index (χ0n) is 8.69. The van der Waals surface area contributed by atoms with Crippen molar-refractivity contribution in [3.8, 4) is 0 Å². The lowest BCUT2D eigenvalue weighted by Crippen LogP contribution is -2.58.